The van der Waals surface area contributed by atoms with Gasteiger partial charge in [0.1, 0.15) is 48.6 Å². The Kier molecular flexibility index (Phi) is 29.5. The van der Waals surface area contributed by atoms with Gasteiger partial charge in [-0.3, -0.25) is 53.1 Å². The molecule has 2 aromatic heterocycles. The molecule has 434 valence electrons. The summed E-state index contributed by atoms with van der Waals surface area (Å²) < 4.78 is 12.7. The number of fused-ring (bicyclic) bond motifs is 1. The Balaban J connectivity index is 1.49. The second-order valence-electron chi connectivity index (χ2n) is 19.3. The van der Waals surface area contributed by atoms with Crippen LogP contribution in [0.3, 0.4) is 0 Å². The van der Waals surface area contributed by atoms with Gasteiger partial charge in [-0.15, -0.1) is 0 Å². The number of carbonyl (C=O) groups is 9. The van der Waals surface area contributed by atoms with E-state index in [1.54, 1.807) is 13.8 Å². The van der Waals surface area contributed by atoms with Crippen molar-refractivity contribution in [1.82, 2.24) is 51.8 Å². The van der Waals surface area contributed by atoms with E-state index in [0.717, 1.165) is 42.5 Å². The van der Waals surface area contributed by atoms with Gasteiger partial charge in [-0.2, -0.15) is 0 Å². The Morgan fingerprint density at radius 3 is 1.85 bits per heavy atom. The Morgan fingerprint density at radius 1 is 0.654 bits per heavy atom. The number of unbranched alkanes of at least 4 members (excludes halogenated alkanes) is 5. The number of aromatic amines is 1. The van der Waals surface area contributed by atoms with E-state index in [-0.39, 0.29) is 94.2 Å². The number of nitrogens with zero attached hydrogens (tertiary/aromatic N) is 6. The number of halogens is 1. The Morgan fingerprint density at radius 2 is 1.23 bits per heavy atom. The molecule has 1 fully saturated rings. The molecule has 78 heavy (non-hydrogen) atoms. The number of anilines is 1. The molecule has 0 spiro atoms. The minimum Gasteiger partial charge on any atom is -0.370 e. The average molecular weight is 1100 g/mol. The monoisotopic (exact) mass is 1100 g/mol. The van der Waals surface area contributed by atoms with Gasteiger partial charge in [-0.05, 0) is 69.8 Å². The second-order valence-corrected chi connectivity index (χ2v) is 19.3. The molecule has 1 saturated heterocycles. The molecule has 0 aromatic carbocycles. The van der Waals surface area contributed by atoms with Gasteiger partial charge < -0.3 is 75.4 Å². The van der Waals surface area contributed by atoms with Crippen molar-refractivity contribution in [2.24, 2.45) is 44.6 Å². The SMILES string of the molecule is CC[C@H](C)[C@H](NC(=O)CCC(=O)N[C@@H](CCCCNC(=O)[C@@H](CCCN=C(N)N)NC(=O)CCCCCCCC(=O)N1CCN(c2ncnc3[nH]ccc23)CC1)C(=O)N[C@H](CCCN=C(N)N)C(N)=O)C(=O)NCC(=O)CF. The lowest BCUT2D eigenvalue weighted by Crippen LogP contribution is -2.53. The minimum absolute atomic E-state index is 0.0306. The lowest BCUT2D eigenvalue weighted by Gasteiger charge is -2.35. The first-order chi connectivity index (χ1) is 37.3. The van der Waals surface area contributed by atoms with Crippen LogP contribution < -0.4 is 65.5 Å². The fraction of sp³-hybridized carbons (Fsp3) is 0.660. The molecule has 17 N–H and O–H groups in total. The highest BCUT2D eigenvalue weighted by Crippen LogP contribution is 2.23. The molecule has 27 nitrogen and oxygen atoms in total. The first kappa shape index (κ1) is 64.6. The fourth-order valence-electron chi connectivity index (χ4n) is 8.49. The van der Waals surface area contributed by atoms with Crippen LogP contribution in [-0.4, -0.2) is 168 Å². The van der Waals surface area contributed by atoms with Crippen molar-refractivity contribution in [3.8, 4) is 0 Å². The predicted octanol–water partition coefficient (Wildman–Crippen LogP) is -1.36. The largest absolute Gasteiger partial charge is 0.370 e. The number of Topliss-reactive ketones (excluding diaryl/α,β-unsaturated/α-hetero) is 1. The minimum atomic E-state index is -1.26. The Hall–Kier alpha value is -7.68. The fourth-order valence-corrected chi connectivity index (χ4v) is 8.49. The standard InChI is InChI=1S/C50H83FN18O9/c1-3-32(2)42(48(78)61-30-33(70)29-51)67-40(73)19-18-39(72)65-37(47(77)66-35(43(52)75)14-11-22-59-49(53)54)13-9-10-21-58-46(76)36(15-12-23-60-50(55)56)64-38(71)16-7-5-4-6-8-17-41(74)68-25-27-69(28-26-68)45-34-20-24-57-44(34)62-31-63-45/h20,24,31-32,35-37,42H,3-19,21-23,25-30H2,1-2H3,(H2,52,75)(H,58,76)(H,61,78)(H,64,71)(H,65,72)(H,66,77)(H,67,73)(H4,53,54,59)(H4,55,56,60)(H,57,62,63)/t32-,35+,36+,37-,42-/m0/s1. The molecule has 5 atom stereocenters. The summed E-state index contributed by atoms with van der Waals surface area (Å²) in [7, 11) is 0. The van der Waals surface area contributed by atoms with Crippen molar-refractivity contribution in [1.29, 1.82) is 0 Å². The molecule has 3 heterocycles. The van der Waals surface area contributed by atoms with E-state index in [1.807, 2.05) is 17.2 Å². The number of ketones is 1. The summed E-state index contributed by atoms with van der Waals surface area (Å²) in [4.78, 5) is 140. The van der Waals surface area contributed by atoms with E-state index in [0.29, 0.717) is 58.3 Å². The lowest BCUT2D eigenvalue weighted by molar-refractivity contribution is -0.133. The number of hydrogen-bond acceptors (Lipinski definition) is 14. The van der Waals surface area contributed by atoms with Gasteiger partial charge in [-0.25, -0.2) is 14.4 Å². The van der Waals surface area contributed by atoms with Crippen LogP contribution in [0.5, 0.6) is 0 Å². The molecule has 8 amide bonds. The number of H-pyrrole nitrogens is 1. The molecule has 2 aromatic rings. The molecule has 1 aliphatic heterocycles. The summed E-state index contributed by atoms with van der Waals surface area (Å²) in [6, 6.07) is -2.38. The highest BCUT2D eigenvalue weighted by Gasteiger charge is 2.29. The van der Waals surface area contributed by atoms with Crippen LogP contribution in [0.2, 0.25) is 0 Å². The average Bonchev–Trinajstić information content (AvgIpc) is 3.91. The van der Waals surface area contributed by atoms with E-state index < -0.39 is 85.0 Å². The highest BCUT2D eigenvalue weighted by atomic mass is 19.1. The van der Waals surface area contributed by atoms with Gasteiger partial charge in [-0.1, -0.05) is 39.5 Å². The third kappa shape index (κ3) is 24.5. The summed E-state index contributed by atoms with van der Waals surface area (Å²) >= 11 is 0. The number of piperazine rings is 1. The van der Waals surface area contributed by atoms with Gasteiger partial charge >= 0.3 is 0 Å². The van der Waals surface area contributed by atoms with E-state index in [2.05, 4.69) is 61.7 Å². The quantitative estimate of drug-likeness (QED) is 0.0210. The van der Waals surface area contributed by atoms with Gasteiger partial charge in [0.15, 0.2) is 17.7 Å². The number of amides is 8. The van der Waals surface area contributed by atoms with Crippen molar-refractivity contribution in [2.45, 2.75) is 147 Å². The molecule has 0 bridgehead atoms. The summed E-state index contributed by atoms with van der Waals surface area (Å²) in [5.74, 6) is -4.90. The van der Waals surface area contributed by atoms with Crippen molar-refractivity contribution >= 4 is 81.8 Å². The van der Waals surface area contributed by atoms with E-state index in [9.17, 15) is 47.5 Å². The van der Waals surface area contributed by atoms with Crippen LogP contribution in [0.1, 0.15) is 123 Å². The summed E-state index contributed by atoms with van der Waals surface area (Å²) in [5.41, 5.74) is 28.1. The van der Waals surface area contributed by atoms with Gasteiger partial charge in [0.05, 0.1) is 11.9 Å². The molecule has 0 radical (unpaired) electrons. The third-order valence-corrected chi connectivity index (χ3v) is 13.1. The molecule has 3 rings (SSSR count). The van der Waals surface area contributed by atoms with E-state index in [4.69, 9.17) is 28.7 Å². The van der Waals surface area contributed by atoms with E-state index in [1.165, 1.54) is 6.33 Å². The smallest absolute Gasteiger partial charge is 0.243 e. The summed E-state index contributed by atoms with van der Waals surface area (Å²) in [5, 5.41) is 16.6. The normalized spacial score (nSPS) is 14.1. The van der Waals surface area contributed by atoms with E-state index >= 15 is 0 Å². The van der Waals surface area contributed by atoms with Crippen LogP contribution in [0, 0.1) is 5.92 Å². The zero-order valence-corrected chi connectivity index (χ0v) is 45.1. The zero-order chi connectivity index (χ0) is 57.4. The number of nitrogens with two attached hydrogens (primary N) is 5. The second kappa shape index (κ2) is 35.6. The van der Waals surface area contributed by atoms with Crippen molar-refractivity contribution in [3.05, 3.63) is 18.6 Å². The number of carbonyl (C=O) groups excluding carboxylic acids is 9. The molecular weight excluding hydrogens is 1020 g/mol. The van der Waals surface area contributed by atoms with Gasteiger partial charge in [0.2, 0.25) is 47.3 Å². The maximum atomic E-state index is 13.6. The topological polar surface area (TPSA) is 429 Å². The van der Waals surface area contributed by atoms with Gasteiger partial charge in [0.25, 0.3) is 0 Å². The Bertz CT molecular complexity index is 2340. The molecule has 0 saturated carbocycles. The molecule has 0 unspecified atom stereocenters. The number of aromatic nitrogens is 3. The third-order valence-electron chi connectivity index (χ3n) is 13.1. The molecule has 28 heteroatoms. The lowest BCUT2D eigenvalue weighted by atomic mass is 9.98. The number of guanidine groups is 2. The van der Waals surface area contributed by atoms with Crippen molar-refractivity contribution < 1.29 is 47.5 Å². The van der Waals surface area contributed by atoms with Crippen molar-refractivity contribution in [2.75, 3.05) is 63.9 Å². The summed E-state index contributed by atoms with van der Waals surface area (Å²) in [6.45, 7) is 4.78. The highest BCUT2D eigenvalue weighted by molar-refractivity contribution is 5.94. The van der Waals surface area contributed by atoms with Crippen LogP contribution in [0.15, 0.2) is 28.6 Å². The zero-order valence-electron chi connectivity index (χ0n) is 45.1. The van der Waals surface area contributed by atoms with Crippen LogP contribution in [0.25, 0.3) is 11.0 Å². The summed E-state index contributed by atoms with van der Waals surface area (Å²) in [6.07, 6.45) is 9.06. The Labute approximate surface area is 454 Å². The maximum Gasteiger partial charge on any atom is 0.243 e. The van der Waals surface area contributed by atoms with Gasteiger partial charge in [0, 0.05) is 77.7 Å². The number of nitrogens with one attached hydrogen (secondary N) is 7. The molecule has 0 aliphatic carbocycles. The van der Waals surface area contributed by atoms with Crippen LogP contribution >= 0.6 is 0 Å². The maximum absolute atomic E-state index is 13.6. The first-order valence-electron chi connectivity index (χ1n) is 26.9. The van der Waals surface area contributed by atoms with Crippen LogP contribution in [-0.2, 0) is 43.2 Å². The predicted molar refractivity (Wildman–Crippen MR) is 291 cm³/mol. The number of primary amides is 1. The molecular formula is C50H83FN18O9. The van der Waals surface area contributed by atoms with Crippen LogP contribution in [0.4, 0.5) is 10.2 Å². The first-order valence-corrected chi connectivity index (χ1v) is 26.9. The van der Waals surface area contributed by atoms with Crippen molar-refractivity contribution in [3.63, 3.8) is 0 Å². The number of rotatable bonds is 38. The number of aliphatic imine (C=N–C) groups is 2. The molecule has 1 aliphatic rings. The number of alkyl halides is 1. The number of hydrogen-bond donors (Lipinski definition) is 12.